The van der Waals surface area contributed by atoms with Gasteiger partial charge in [0.2, 0.25) is 11.8 Å². The van der Waals surface area contributed by atoms with Crippen LogP contribution in [0.2, 0.25) is 0 Å². The third kappa shape index (κ3) is 2.44. The summed E-state index contributed by atoms with van der Waals surface area (Å²) < 4.78 is 13.8. The van der Waals surface area contributed by atoms with E-state index < -0.39 is 12.1 Å². The van der Waals surface area contributed by atoms with E-state index in [-0.39, 0.29) is 22.1 Å². The average Bonchev–Trinajstić information content (AvgIpc) is 2.38. The summed E-state index contributed by atoms with van der Waals surface area (Å²) in [5.41, 5.74) is 1.19. The van der Waals surface area contributed by atoms with Crippen molar-refractivity contribution in [3.8, 4) is 0 Å². The lowest BCUT2D eigenvalue weighted by Gasteiger charge is -2.38. The largest absolute Gasteiger partial charge is 0.343 e. The zero-order valence-corrected chi connectivity index (χ0v) is 13.1. The first-order valence-corrected chi connectivity index (χ1v) is 7.25. The summed E-state index contributed by atoms with van der Waals surface area (Å²) in [5.74, 6) is -0.751. The van der Waals surface area contributed by atoms with Gasteiger partial charge >= 0.3 is 0 Å². The first kappa shape index (κ1) is 15.0. The van der Waals surface area contributed by atoms with Gasteiger partial charge in [0.05, 0.1) is 4.47 Å². The van der Waals surface area contributed by atoms with E-state index in [1.165, 1.54) is 11.0 Å². The fraction of sp³-hybridized carbons (Fsp3) is 0.429. The third-order valence-corrected chi connectivity index (χ3v) is 4.07. The summed E-state index contributed by atoms with van der Waals surface area (Å²) >= 11 is 3.13. The first-order chi connectivity index (χ1) is 9.36. The van der Waals surface area contributed by atoms with Gasteiger partial charge in [0.25, 0.3) is 0 Å². The first-order valence-electron chi connectivity index (χ1n) is 6.46. The minimum atomic E-state index is -0.575. The lowest BCUT2D eigenvalue weighted by molar-refractivity contribution is -0.133. The lowest BCUT2D eigenvalue weighted by atomic mass is 10.0. The molecule has 108 valence electrons. The van der Waals surface area contributed by atoms with Crippen LogP contribution in [-0.4, -0.2) is 23.9 Å². The second kappa shape index (κ2) is 5.52. The molecule has 0 aliphatic carbocycles. The molecule has 2 rings (SSSR count). The maximum Gasteiger partial charge on any atom is 0.250 e. The Kier molecular flexibility index (Phi) is 4.13. The summed E-state index contributed by atoms with van der Waals surface area (Å²) in [6.07, 6.45) is 0.499. The molecule has 0 saturated carbocycles. The molecular weight excluding hydrogens is 327 g/mol. The van der Waals surface area contributed by atoms with Crippen molar-refractivity contribution in [1.82, 2.24) is 5.32 Å². The normalized spacial score (nSPS) is 22.9. The van der Waals surface area contributed by atoms with Gasteiger partial charge in [-0.3, -0.25) is 14.5 Å². The van der Waals surface area contributed by atoms with Crippen LogP contribution >= 0.6 is 15.9 Å². The fourth-order valence-electron chi connectivity index (χ4n) is 2.40. The van der Waals surface area contributed by atoms with Crippen LogP contribution in [0.4, 0.5) is 10.1 Å². The van der Waals surface area contributed by atoms with Gasteiger partial charge in [-0.1, -0.05) is 6.92 Å². The number of halogens is 2. The minimum absolute atomic E-state index is 0.181. The number of aryl methyl sites for hydroxylation is 1. The number of rotatable bonds is 2. The van der Waals surface area contributed by atoms with Crippen molar-refractivity contribution in [3.05, 3.63) is 28.0 Å². The molecule has 20 heavy (non-hydrogen) atoms. The lowest BCUT2D eigenvalue weighted by Crippen LogP contribution is -2.62. The van der Waals surface area contributed by atoms with Crippen molar-refractivity contribution in [2.45, 2.75) is 39.3 Å². The molecule has 1 aromatic carbocycles. The van der Waals surface area contributed by atoms with Crippen molar-refractivity contribution in [1.29, 1.82) is 0 Å². The summed E-state index contributed by atoms with van der Waals surface area (Å²) in [5, 5.41) is 2.66. The topological polar surface area (TPSA) is 49.4 Å². The van der Waals surface area contributed by atoms with Crippen molar-refractivity contribution in [3.63, 3.8) is 0 Å². The number of hydrogen-bond acceptors (Lipinski definition) is 2. The molecule has 2 unspecified atom stereocenters. The standard InChI is InChI=1S/C14H16BrFN2O2/c1-4-11-13(19)17-8(3)14(20)18(11)12-6-9(15)10(16)5-7(12)2/h5-6,8,11H,4H2,1-3H3,(H,17,19). The number of nitrogens with zero attached hydrogens (tertiary/aromatic N) is 1. The van der Waals surface area contributed by atoms with Gasteiger partial charge in [0.1, 0.15) is 17.9 Å². The van der Waals surface area contributed by atoms with Gasteiger partial charge in [0.15, 0.2) is 0 Å². The Balaban J connectivity index is 2.54. The van der Waals surface area contributed by atoms with Crippen LogP contribution in [0.5, 0.6) is 0 Å². The number of hydrogen-bond donors (Lipinski definition) is 1. The van der Waals surface area contributed by atoms with Gasteiger partial charge in [-0.25, -0.2) is 4.39 Å². The van der Waals surface area contributed by atoms with Crippen LogP contribution in [0.3, 0.4) is 0 Å². The van der Waals surface area contributed by atoms with Gasteiger partial charge in [-0.2, -0.15) is 0 Å². The SMILES string of the molecule is CCC1C(=O)NC(C)C(=O)N1c1cc(Br)c(F)cc1C. The number of piperazine rings is 1. The number of amides is 2. The molecule has 2 amide bonds. The van der Waals surface area contributed by atoms with E-state index in [2.05, 4.69) is 21.2 Å². The number of carbonyl (C=O) groups excluding carboxylic acids is 2. The Morgan fingerprint density at radius 3 is 2.65 bits per heavy atom. The average molecular weight is 343 g/mol. The molecule has 4 nitrogen and oxygen atoms in total. The molecule has 1 aromatic rings. The zero-order valence-electron chi connectivity index (χ0n) is 11.5. The molecule has 1 fully saturated rings. The van der Waals surface area contributed by atoms with Gasteiger partial charge in [-0.05, 0) is 53.9 Å². The minimum Gasteiger partial charge on any atom is -0.343 e. The van der Waals surface area contributed by atoms with E-state index in [4.69, 9.17) is 0 Å². The molecule has 1 saturated heterocycles. The Morgan fingerprint density at radius 2 is 2.05 bits per heavy atom. The van der Waals surface area contributed by atoms with Crippen LogP contribution in [0.15, 0.2) is 16.6 Å². The smallest absolute Gasteiger partial charge is 0.250 e. The van der Waals surface area contributed by atoms with E-state index in [0.29, 0.717) is 17.7 Å². The second-order valence-corrected chi connectivity index (χ2v) is 5.77. The molecule has 1 aliphatic heterocycles. The molecule has 0 aromatic heterocycles. The highest BCUT2D eigenvalue weighted by molar-refractivity contribution is 9.10. The molecular formula is C14H16BrFN2O2. The number of nitrogens with one attached hydrogen (secondary N) is 1. The van der Waals surface area contributed by atoms with Gasteiger partial charge in [-0.15, -0.1) is 0 Å². The van der Waals surface area contributed by atoms with E-state index in [9.17, 15) is 14.0 Å². The summed E-state index contributed by atoms with van der Waals surface area (Å²) in [6, 6.07) is 1.77. The summed E-state index contributed by atoms with van der Waals surface area (Å²) in [7, 11) is 0. The van der Waals surface area contributed by atoms with Crippen LogP contribution in [0.25, 0.3) is 0 Å². The molecule has 6 heteroatoms. The Morgan fingerprint density at radius 1 is 1.40 bits per heavy atom. The maximum absolute atomic E-state index is 13.5. The van der Waals surface area contributed by atoms with Gasteiger partial charge in [0, 0.05) is 5.69 Å². The predicted octanol–water partition coefficient (Wildman–Crippen LogP) is 2.53. The molecule has 2 atom stereocenters. The van der Waals surface area contributed by atoms with Gasteiger partial charge < -0.3 is 5.32 Å². The quantitative estimate of drug-likeness (QED) is 0.897. The molecule has 0 radical (unpaired) electrons. The zero-order chi connectivity index (χ0) is 15.0. The highest BCUT2D eigenvalue weighted by Crippen LogP contribution is 2.31. The number of carbonyl (C=O) groups is 2. The predicted molar refractivity (Wildman–Crippen MR) is 78.0 cm³/mol. The molecule has 1 heterocycles. The highest BCUT2D eigenvalue weighted by Gasteiger charge is 2.39. The van der Waals surface area contributed by atoms with Crippen LogP contribution in [0, 0.1) is 12.7 Å². The maximum atomic E-state index is 13.5. The Labute approximate surface area is 125 Å². The molecule has 1 aliphatic rings. The third-order valence-electron chi connectivity index (χ3n) is 3.47. The molecule has 0 bridgehead atoms. The van der Waals surface area contributed by atoms with Crippen molar-refractivity contribution >= 4 is 33.4 Å². The van der Waals surface area contributed by atoms with Crippen molar-refractivity contribution < 1.29 is 14.0 Å². The summed E-state index contributed by atoms with van der Waals surface area (Å²) in [4.78, 5) is 25.9. The van der Waals surface area contributed by atoms with E-state index >= 15 is 0 Å². The van der Waals surface area contributed by atoms with Crippen molar-refractivity contribution in [2.24, 2.45) is 0 Å². The van der Waals surface area contributed by atoms with E-state index in [1.54, 1.807) is 19.9 Å². The fourth-order valence-corrected chi connectivity index (χ4v) is 2.73. The number of benzene rings is 1. The second-order valence-electron chi connectivity index (χ2n) is 4.92. The van der Waals surface area contributed by atoms with E-state index in [1.807, 2.05) is 6.92 Å². The molecule has 1 N–H and O–H groups in total. The summed E-state index contributed by atoms with van der Waals surface area (Å²) in [6.45, 7) is 5.21. The van der Waals surface area contributed by atoms with Crippen LogP contribution in [0.1, 0.15) is 25.8 Å². The Hall–Kier alpha value is -1.43. The van der Waals surface area contributed by atoms with Crippen LogP contribution in [-0.2, 0) is 9.59 Å². The van der Waals surface area contributed by atoms with Crippen molar-refractivity contribution in [2.75, 3.05) is 4.90 Å². The van der Waals surface area contributed by atoms with E-state index in [0.717, 1.165) is 0 Å². The number of anilines is 1. The molecule has 0 spiro atoms. The monoisotopic (exact) mass is 342 g/mol. The Bertz CT molecular complexity index is 577. The van der Waals surface area contributed by atoms with Crippen LogP contribution < -0.4 is 10.2 Å². The highest BCUT2D eigenvalue weighted by atomic mass is 79.9.